The van der Waals surface area contributed by atoms with Crippen molar-refractivity contribution < 1.29 is 0 Å². The van der Waals surface area contributed by atoms with Crippen LogP contribution in [0.3, 0.4) is 0 Å². The normalized spacial score (nSPS) is 15.6. The molecule has 0 aliphatic heterocycles. The summed E-state index contributed by atoms with van der Waals surface area (Å²) in [7, 11) is 0. The molecule has 0 atom stereocenters. The molecule has 0 spiro atoms. The Labute approximate surface area is 108 Å². The molecule has 0 amide bonds. The van der Waals surface area contributed by atoms with Gasteiger partial charge in [-0.15, -0.1) is 0 Å². The van der Waals surface area contributed by atoms with E-state index in [2.05, 4.69) is 50.2 Å². The lowest BCUT2D eigenvalue weighted by molar-refractivity contribution is 0.656. The number of hydrogen-bond acceptors (Lipinski definition) is 2. The van der Waals surface area contributed by atoms with E-state index < -0.39 is 6.17 Å². The molecule has 2 aromatic carbocycles. The van der Waals surface area contributed by atoms with Crippen molar-refractivity contribution in [1.29, 1.82) is 0 Å². The first kappa shape index (κ1) is 11.5. The van der Waals surface area contributed by atoms with Gasteiger partial charge >= 0.3 is 0 Å². The zero-order valence-corrected chi connectivity index (χ0v) is 10.8. The van der Waals surface area contributed by atoms with Gasteiger partial charge in [0.2, 0.25) is 0 Å². The second-order valence-corrected chi connectivity index (χ2v) is 5.50. The predicted octanol–water partition coefficient (Wildman–Crippen LogP) is 2.91. The molecule has 0 aromatic heterocycles. The van der Waals surface area contributed by atoms with Crippen molar-refractivity contribution in [3.63, 3.8) is 0 Å². The molecule has 2 aromatic rings. The quantitative estimate of drug-likeness (QED) is 0.750. The Balaban J connectivity index is 2.28. The second kappa shape index (κ2) is 3.67. The SMILES string of the molecule is CC1(C)c2ccccc2-c2ccc(C(N)N)cc21. The highest BCUT2D eigenvalue weighted by Gasteiger charge is 2.35. The molecule has 2 nitrogen and oxygen atoms in total. The van der Waals surface area contributed by atoms with Gasteiger partial charge in [-0.25, -0.2) is 0 Å². The van der Waals surface area contributed by atoms with Crippen molar-refractivity contribution in [3.8, 4) is 11.1 Å². The molecular formula is C16H18N2. The summed E-state index contributed by atoms with van der Waals surface area (Å²) in [6.45, 7) is 4.51. The fraction of sp³-hybridized carbons (Fsp3) is 0.250. The molecule has 18 heavy (non-hydrogen) atoms. The summed E-state index contributed by atoms with van der Waals surface area (Å²) in [6, 6.07) is 14.9. The fourth-order valence-corrected chi connectivity index (χ4v) is 2.93. The Morgan fingerprint density at radius 2 is 1.56 bits per heavy atom. The van der Waals surface area contributed by atoms with Crippen molar-refractivity contribution in [1.82, 2.24) is 0 Å². The zero-order chi connectivity index (χ0) is 12.9. The van der Waals surface area contributed by atoms with Gasteiger partial charge in [0.25, 0.3) is 0 Å². The van der Waals surface area contributed by atoms with Crippen LogP contribution in [0.2, 0.25) is 0 Å². The molecule has 0 unspecified atom stereocenters. The third kappa shape index (κ3) is 1.43. The number of rotatable bonds is 1. The molecule has 3 rings (SSSR count). The molecule has 2 heteroatoms. The molecule has 1 aliphatic rings. The standard InChI is InChI=1S/C16H18N2/c1-16(2)13-6-4-3-5-11(13)12-8-7-10(15(17)18)9-14(12)16/h3-9,15H,17-18H2,1-2H3. The van der Waals surface area contributed by atoms with Crippen molar-refractivity contribution >= 4 is 0 Å². The van der Waals surface area contributed by atoms with E-state index in [1.54, 1.807) is 0 Å². The maximum atomic E-state index is 5.78. The Bertz CT molecular complexity index is 612. The Kier molecular flexibility index (Phi) is 2.34. The summed E-state index contributed by atoms with van der Waals surface area (Å²) >= 11 is 0. The van der Waals surface area contributed by atoms with Crippen LogP contribution in [0, 0.1) is 0 Å². The van der Waals surface area contributed by atoms with Gasteiger partial charge in [-0.3, -0.25) is 0 Å². The first-order valence-electron chi connectivity index (χ1n) is 6.27. The molecule has 0 saturated heterocycles. The largest absolute Gasteiger partial charge is 0.312 e. The van der Waals surface area contributed by atoms with E-state index in [1.165, 1.54) is 22.3 Å². The Morgan fingerprint density at radius 1 is 0.889 bits per heavy atom. The van der Waals surface area contributed by atoms with Crippen LogP contribution >= 0.6 is 0 Å². The third-order valence-electron chi connectivity index (χ3n) is 3.99. The van der Waals surface area contributed by atoms with Crippen molar-refractivity contribution in [2.75, 3.05) is 0 Å². The van der Waals surface area contributed by atoms with E-state index >= 15 is 0 Å². The monoisotopic (exact) mass is 238 g/mol. The van der Waals surface area contributed by atoms with E-state index in [-0.39, 0.29) is 5.41 Å². The van der Waals surface area contributed by atoms with Crippen LogP contribution in [0.25, 0.3) is 11.1 Å². The summed E-state index contributed by atoms with van der Waals surface area (Å²) < 4.78 is 0. The molecule has 1 aliphatic carbocycles. The molecule has 0 saturated carbocycles. The zero-order valence-electron chi connectivity index (χ0n) is 10.8. The lowest BCUT2D eigenvalue weighted by atomic mass is 9.82. The van der Waals surface area contributed by atoms with Crippen LogP contribution in [0.5, 0.6) is 0 Å². The number of nitrogens with two attached hydrogens (primary N) is 2. The highest BCUT2D eigenvalue weighted by molar-refractivity contribution is 5.80. The second-order valence-electron chi connectivity index (χ2n) is 5.50. The molecule has 92 valence electrons. The highest BCUT2D eigenvalue weighted by atomic mass is 14.8. The van der Waals surface area contributed by atoms with Crippen LogP contribution in [-0.4, -0.2) is 0 Å². The summed E-state index contributed by atoms with van der Waals surface area (Å²) in [5, 5.41) is 0. The predicted molar refractivity (Wildman–Crippen MR) is 75.1 cm³/mol. The topological polar surface area (TPSA) is 52.0 Å². The fourth-order valence-electron chi connectivity index (χ4n) is 2.93. The van der Waals surface area contributed by atoms with Crippen LogP contribution in [0.4, 0.5) is 0 Å². The summed E-state index contributed by atoms with van der Waals surface area (Å²) in [4.78, 5) is 0. The van der Waals surface area contributed by atoms with Crippen LogP contribution in [0.15, 0.2) is 42.5 Å². The third-order valence-corrected chi connectivity index (χ3v) is 3.99. The van der Waals surface area contributed by atoms with Gasteiger partial charge in [-0.05, 0) is 27.8 Å². The highest BCUT2D eigenvalue weighted by Crippen LogP contribution is 2.48. The number of fused-ring (bicyclic) bond motifs is 3. The van der Waals surface area contributed by atoms with E-state index in [9.17, 15) is 0 Å². The van der Waals surface area contributed by atoms with Crippen LogP contribution < -0.4 is 11.5 Å². The maximum absolute atomic E-state index is 5.78. The Morgan fingerprint density at radius 3 is 2.28 bits per heavy atom. The molecular weight excluding hydrogens is 220 g/mol. The molecule has 4 N–H and O–H groups in total. The van der Waals surface area contributed by atoms with Gasteiger partial charge in [0, 0.05) is 5.41 Å². The minimum absolute atomic E-state index is 0.0246. The smallest absolute Gasteiger partial charge is 0.0784 e. The van der Waals surface area contributed by atoms with E-state index in [1.807, 2.05) is 6.07 Å². The number of hydrogen-bond donors (Lipinski definition) is 2. The van der Waals surface area contributed by atoms with Gasteiger partial charge in [0.1, 0.15) is 0 Å². The maximum Gasteiger partial charge on any atom is 0.0784 e. The number of benzene rings is 2. The van der Waals surface area contributed by atoms with Crippen molar-refractivity contribution in [2.24, 2.45) is 11.5 Å². The average Bonchev–Trinajstić information content (AvgIpc) is 2.59. The van der Waals surface area contributed by atoms with Gasteiger partial charge in [-0.2, -0.15) is 0 Å². The molecule has 0 bridgehead atoms. The van der Waals surface area contributed by atoms with E-state index in [4.69, 9.17) is 11.5 Å². The van der Waals surface area contributed by atoms with Gasteiger partial charge < -0.3 is 11.5 Å². The average molecular weight is 238 g/mol. The first-order chi connectivity index (χ1) is 8.51. The minimum Gasteiger partial charge on any atom is -0.312 e. The molecule has 0 fully saturated rings. The van der Waals surface area contributed by atoms with Gasteiger partial charge in [0.15, 0.2) is 0 Å². The molecule has 0 heterocycles. The van der Waals surface area contributed by atoms with E-state index in [0.717, 1.165) is 5.56 Å². The Hall–Kier alpha value is -1.64. The van der Waals surface area contributed by atoms with Gasteiger partial charge in [-0.1, -0.05) is 56.3 Å². The first-order valence-corrected chi connectivity index (χ1v) is 6.27. The van der Waals surface area contributed by atoms with Crippen molar-refractivity contribution in [2.45, 2.75) is 25.4 Å². The van der Waals surface area contributed by atoms with Crippen LogP contribution in [0.1, 0.15) is 36.7 Å². The summed E-state index contributed by atoms with van der Waals surface area (Å²) in [5.74, 6) is 0. The van der Waals surface area contributed by atoms with E-state index in [0.29, 0.717) is 0 Å². The lowest BCUT2D eigenvalue weighted by Crippen LogP contribution is -2.21. The summed E-state index contributed by atoms with van der Waals surface area (Å²) in [6.07, 6.45) is -0.408. The lowest BCUT2D eigenvalue weighted by Gasteiger charge is -2.22. The minimum atomic E-state index is -0.408. The molecule has 0 radical (unpaired) electrons. The van der Waals surface area contributed by atoms with Crippen LogP contribution in [-0.2, 0) is 5.41 Å². The van der Waals surface area contributed by atoms with Gasteiger partial charge in [0.05, 0.1) is 6.17 Å². The summed E-state index contributed by atoms with van der Waals surface area (Å²) in [5.41, 5.74) is 17.9. The van der Waals surface area contributed by atoms with Crippen molar-refractivity contribution in [3.05, 3.63) is 59.2 Å².